The second kappa shape index (κ2) is 3.68. The molecular formula is C13H10F3NO. The largest absolute Gasteiger partial charge is 0.418 e. The lowest BCUT2D eigenvalue weighted by molar-refractivity contribution is -0.136. The van der Waals surface area contributed by atoms with E-state index in [1.165, 1.54) is 6.07 Å². The van der Waals surface area contributed by atoms with Crippen molar-refractivity contribution in [1.29, 1.82) is 0 Å². The molecule has 2 aromatic rings. The second-order valence-corrected chi connectivity index (χ2v) is 4.37. The van der Waals surface area contributed by atoms with Gasteiger partial charge in [-0.2, -0.15) is 13.2 Å². The van der Waals surface area contributed by atoms with Crippen LogP contribution >= 0.6 is 0 Å². The van der Waals surface area contributed by atoms with E-state index in [1.54, 1.807) is 18.2 Å². The summed E-state index contributed by atoms with van der Waals surface area (Å²) in [6, 6.07) is 7.44. The smallest absolute Gasteiger partial charge is 0.363 e. The predicted octanol–water partition coefficient (Wildman–Crippen LogP) is 3.71. The van der Waals surface area contributed by atoms with Gasteiger partial charge in [-0.25, -0.2) is 4.98 Å². The molecule has 2 heterocycles. The fourth-order valence-electron chi connectivity index (χ4n) is 2.05. The zero-order chi connectivity index (χ0) is 12.9. The fourth-order valence-corrected chi connectivity index (χ4v) is 2.05. The first-order valence-electron chi connectivity index (χ1n) is 5.59. The van der Waals surface area contributed by atoms with E-state index >= 15 is 0 Å². The maximum Gasteiger partial charge on any atom is 0.418 e. The Morgan fingerprint density at radius 2 is 1.89 bits per heavy atom. The van der Waals surface area contributed by atoms with Crippen molar-refractivity contribution in [1.82, 2.24) is 4.98 Å². The third-order valence-corrected chi connectivity index (χ3v) is 3.05. The van der Waals surface area contributed by atoms with Gasteiger partial charge in [-0.3, -0.25) is 0 Å². The highest BCUT2D eigenvalue weighted by atomic mass is 19.4. The summed E-state index contributed by atoms with van der Waals surface area (Å²) in [6.07, 6.45) is -4.52. The van der Waals surface area contributed by atoms with E-state index in [0.717, 1.165) is 6.07 Å². The SMILES string of the molecule is C[C@@H]1O[C@H]1c1ccc2cccc(C(F)(F)F)c2n1. The molecule has 0 unspecified atom stereocenters. The lowest BCUT2D eigenvalue weighted by atomic mass is 10.1. The topological polar surface area (TPSA) is 25.4 Å². The van der Waals surface area contributed by atoms with E-state index in [1.807, 2.05) is 6.92 Å². The third-order valence-electron chi connectivity index (χ3n) is 3.05. The Bertz CT molecular complexity index is 609. The Morgan fingerprint density at radius 1 is 1.17 bits per heavy atom. The molecule has 1 aromatic heterocycles. The zero-order valence-electron chi connectivity index (χ0n) is 9.53. The number of benzene rings is 1. The molecule has 5 heteroatoms. The first-order chi connectivity index (χ1) is 8.47. The summed E-state index contributed by atoms with van der Waals surface area (Å²) < 4.78 is 43.8. The Hall–Kier alpha value is -1.62. The van der Waals surface area contributed by atoms with Crippen molar-refractivity contribution in [3.05, 3.63) is 41.6 Å². The van der Waals surface area contributed by atoms with Crippen molar-refractivity contribution in [3.63, 3.8) is 0 Å². The predicted molar refractivity (Wildman–Crippen MR) is 60.0 cm³/mol. The molecule has 0 saturated carbocycles. The summed E-state index contributed by atoms with van der Waals surface area (Å²) in [5.41, 5.74) is -0.146. The molecule has 1 aliphatic heterocycles. The number of pyridine rings is 1. The van der Waals surface area contributed by atoms with E-state index < -0.39 is 11.7 Å². The summed E-state index contributed by atoms with van der Waals surface area (Å²) >= 11 is 0. The van der Waals surface area contributed by atoms with Crippen molar-refractivity contribution in [2.24, 2.45) is 0 Å². The number of epoxide rings is 1. The Labute approximate surface area is 101 Å². The fraction of sp³-hybridized carbons (Fsp3) is 0.308. The zero-order valence-corrected chi connectivity index (χ0v) is 9.53. The van der Waals surface area contributed by atoms with Crippen LogP contribution in [-0.4, -0.2) is 11.1 Å². The van der Waals surface area contributed by atoms with Gasteiger partial charge in [0, 0.05) is 5.39 Å². The molecule has 0 radical (unpaired) electrons. The highest BCUT2D eigenvalue weighted by molar-refractivity contribution is 5.82. The standard InChI is InChI=1S/C13H10F3NO/c1-7-12(18-7)10-6-5-8-3-2-4-9(11(8)17-10)13(14,15)16/h2-7,12H,1H3/t7-,12+/m0/s1. The van der Waals surface area contributed by atoms with Crippen molar-refractivity contribution in [3.8, 4) is 0 Å². The van der Waals surface area contributed by atoms with E-state index in [-0.39, 0.29) is 17.7 Å². The molecule has 0 amide bonds. The van der Waals surface area contributed by atoms with Crippen LogP contribution in [0.15, 0.2) is 30.3 Å². The van der Waals surface area contributed by atoms with Crippen LogP contribution in [0.2, 0.25) is 0 Å². The van der Waals surface area contributed by atoms with E-state index in [9.17, 15) is 13.2 Å². The molecule has 1 aromatic carbocycles. The molecule has 0 aliphatic carbocycles. The number of hydrogen-bond donors (Lipinski definition) is 0. The van der Waals surface area contributed by atoms with Crippen LogP contribution in [0.4, 0.5) is 13.2 Å². The van der Waals surface area contributed by atoms with Gasteiger partial charge in [-0.05, 0) is 19.1 Å². The number of para-hydroxylation sites is 1. The summed E-state index contributed by atoms with van der Waals surface area (Å²) in [6.45, 7) is 1.87. The molecule has 0 N–H and O–H groups in total. The summed E-state index contributed by atoms with van der Waals surface area (Å²) in [5, 5.41) is 0.488. The van der Waals surface area contributed by atoms with Crippen LogP contribution in [-0.2, 0) is 10.9 Å². The second-order valence-electron chi connectivity index (χ2n) is 4.37. The van der Waals surface area contributed by atoms with Crippen LogP contribution in [0.5, 0.6) is 0 Å². The normalized spacial score (nSPS) is 23.3. The average Bonchev–Trinajstić information content (AvgIpc) is 3.04. The van der Waals surface area contributed by atoms with Crippen LogP contribution in [0.3, 0.4) is 0 Å². The number of ether oxygens (including phenoxy) is 1. The lowest BCUT2D eigenvalue weighted by Gasteiger charge is -2.10. The summed E-state index contributed by atoms with van der Waals surface area (Å²) in [4.78, 5) is 4.11. The van der Waals surface area contributed by atoms with Gasteiger partial charge in [0.15, 0.2) is 0 Å². The van der Waals surface area contributed by atoms with Gasteiger partial charge in [0.05, 0.1) is 22.9 Å². The van der Waals surface area contributed by atoms with Crippen molar-refractivity contribution < 1.29 is 17.9 Å². The minimum absolute atomic E-state index is 0.00907. The van der Waals surface area contributed by atoms with Crippen LogP contribution in [0.25, 0.3) is 10.9 Å². The van der Waals surface area contributed by atoms with Crippen LogP contribution in [0, 0.1) is 0 Å². The van der Waals surface area contributed by atoms with Gasteiger partial charge in [-0.15, -0.1) is 0 Å². The number of halogens is 3. The molecule has 2 nitrogen and oxygen atoms in total. The maximum absolute atomic E-state index is 12.9. The summed E-state index contributed by atoms with van der Waals surface area (Å²) in [7, 11) is 0. The molecule has 3 rings (SSSR count). The average molecular weight is 253 g/mol. The van der Waals surface area contributed by atoms with Crippen LogP contribution < -0.4 is 0 Å². The third kappa shape index (κ3) is 1.84. The van der Waals surface area contributed by atoms with Gasteiger partial charge in [0.1, 0.15) is 6.10 Å². The number of fused-ring (bicyclic) bond motifs is 1. The molecule has 1 aliphatic rings. The number of rotatable bonds is 1. The number of nitrogens with zero attached hydrogens (tertiary/aromatic N) is 1. The number of alkyl halides is 3. The lowest BCUT2D eigenvalue weighted by Crippen LogP contribution is -2.07. The quantitative estimate of drug-likeness (QED) is 0.724. The molecule has 1 fully saturated rings. The van der Waals surface area contributed by atoms with Crippen LogP contribution in [0.1, 0.15) is 24.3 Å². The number of aromatic nitrogens is 1. The molecule has 2 atom stereocenters. The monoisotopic (exact) mass is 253 g/mol. The molecule has 1 saturated heterocycles. The van der Waals surface area contributed by atoms with E-state index in [4.69, 9.17) is 4.74 Å². The van der Waals surface area contributed by atoms with Gasteiger partial charge >= 0.3 is 6.18 Å². The molecule has 94 valence electrons. The molecular weight excluding hydrogens is 243 g/mol. The van der Waals surface area contributed by atoms with Crippen molar-refractivity contribution in [2.75, 3.05) is 0 Å². The van der Waals surface area contributed by atoms with Gasteiger partial charge in [0.25, 0.3) is 0 Å². The molecule has 0 bridgehead atoms. The van der Waals surface area contributed by atoms with Gasteiger partial charge in [0.2, 0.25) is 0 Å². The van der Waals surface area contributed by atoms with Gasteiger partial charge in [-0.1, -0.05) is 18.2 Å². The Kier molecular flexibility index (Phi) is 2.35. The minimum Gasteiger partial charge on any atom is -0.363 e. The van der Waals surface area contributed by atoms with E-state index in [2.05, 4.69) is 4.98 Å². The minimum atomic E-state index is -4.39. The number of hydrogen-bond acceptors (Lipinski definition) is 2. The van der Waals surface area contributed by atoms with Gasteiger partial charge < -0.3 is 4.74 Å². The first kappa shape index (κ1) is 11.5. The Balaban J connectivity index is 2.18. The highest BCUT2D eigenvalue weighted by Crippen LogP contribution is 2.39. The van der Waals surface area contributed by atoms with Crippen molar-refractivity contribution >= 4 is 10.9 Å². The van der Waals surface area contributed by atoms with Crippen molar-refractivity contribution in [2.45, 2.75) is 25.3 Å². The summed E-state index contributed by atoms with van der Waals surface area (Å²) in [5.74, 6) is 0. The molecule has 0 spiro atoms. The molecule has 18 heavy (non-hydrogen) atoms. The first-order valence-corrected chi connectivity index (χ1v) is 5.59. The highest BCUT2D eigenvalue weighted by Gasteiger charge is 2.38. The maximum atomic E-state index is 12.9. The van der Waals surface area contributed by atoms with E-state index in [0.29, 0.717) is 11.1 Å². The Morgan fingerprint density at radius 3 is 2.50 bits per heavy atom.